The summed E-state index contributed by atoms with van der Waals surface area (Å²) < 4.78 is 33.5. The van der Waals surface area contributed by atoms with Gasteiger partial charge in [0, 0.05) is 12.1 Å². The maximum Gasteiger partial charge on any atom is 0.245 e. The van der Waals surface area contributed by atoms with Crippen LogP contribution in [0.4, 0.5) is 0 Å². The molecule has 21 heavy (non-hydrogen) atoms. The van der Waals surface area contributed by atoms with Crippen molar-refractivity contribution in [3.05, 3.63) is 16.5 Å². The van der Waals surface area contributed by atoms with Gasteiger partial charge in [0.15, 0.2) is 4.67 Å². The van der Waals surface area contributed by atoms with Gasteiger partial charge in [-0.15, -0.1) is 0 Å². The van der Waals surface area contributed by atoms with E-state index in [1.54, 1.807) is 6.07 Å². The van der Waals surface area contributed by atoms with E-state index in [0.29, 0.717) is 18.2 Å². The fourth-order valence-corrected chi connectivity index (χ4v) is 5.09. The zero-order valence-electron chi connectivity index (χ0n) is 12.5. The van der Waals surface area contributed by atoms with Crippen LogP contribution in [-0.2, 0) is 16.6 Å². The average molecular weight is 379 g/mol. The molecule has 1 aliphatic carbocycles. The highest BCUT2D eigenvalue weighted by molar-refractivity contribution is 9.10. The molecule has 0 aliphatic heterocycles. The number of furan rings is 1. The second kappa shape index (κ2) is 7.26. The van der Waals surface area contributed by atoms with Crippen LogP contribution in [-0.4, -0.2) is 21.0 Å². The molecule has 1 unspecified atom stereocenters. The summed E-state index contributed by atoms with van der Waals surface area (Å²) in [4.78, 5) is 0.181. The summed E-state index contributed by atoms with van der Waals surface area (Å²) in [5, 5.41) is 3.11. The molecule has 1 aromatic heterocycles. The Bertz CT molecular complexity index is 565. The maximum atomic E-state index is 12.5. The van der Waals surface area contributed by atoms with Crippen LogP contribution in [0.15, 0.2) is 20.0 Å². The number of nitrogens with one attached hydrogen (secondary N) is 2. The molecule has 1 atom stereocenters. The third-order valence-corrected chi connectivity index (χ3v) is 6.41. The molecule has 1 heterocycles. The molecule has 2 rings (SSSR count). The number of hydrogen-bond acceptors (Lipinski definition) is 4. The second-order valence-electron chi connectivity index (χ2n) is 5.59. The standard InChI is InChI=1S/C14H23BrN2O3S/c1-3-16-9-12-8-13(14(15)20-12)21(18,19)17-10(2)11-6-4-5-7-11/h8,10-11,16-17H,3-7,9H2,1-2H3. The van der Waals surface area contributed by atoms with Crippen LogP contribution in [0.1, 0.15) is 45.3 Å². The van der Waals surface area contributed by atoms with Gasteiger partial charge in [-0.3, -0.25) is 0 Å². The van der Waals surface area contributed by atoms with Crippen molar-refractivity contribution in [2.45, 2.75) is 57.0 Å². The second-order valence-corrected chi connectivity index (χ2v) is 7.99. The first-order chi connectivity index (χ1) is 9.94. The van der Waals surface area contributed by atoms with Crippen LogP contribution in [0.25, 0.3) is 0 Å². The molecule has 0 amide bonds. The Kier molecular flexibility index (Phi) is 5.88. The van der Waals surface area contributed by atoms with Crippen LogP contribution in [0.3, 0.4) is 0 Å². The molecule has 7 heteroatoms. The third kappa shape index (κ3) is 4.31. The summed E-state index contributed by atoms with van der Waals surface area (Å²) in [7, 11) is -3.55. The topological polar surface area (TPSA) is 71.3 Å². The van der Waals surface area contributed by atoms with Crippen molar-refractivity contribution in [2.75, 3.05) is 6.54 Å². The van der Waals surface area contributed by atoms with Gasteiger partial charge in [0.05, 0.1) is 6.54 Å². The number of rotatable bonds is 7. The molecule has 0 bridgehead atoms. The van der Waals surface area contributed by atoms with Crippen molar-refractivity contribution in [1.29, 1.82) is 0 Å². The molecule has 0 radical (unpaired) electrons. The van der Waals surface area contributed by atoms with Gasteiger partial charge >= 0.3 is 0 Å². The Morgan fingerprint density at radius 1 is 1.43 bits per heavy atom. The van der Waals surface area contributed by atoms with E-state index in [1.165, 1.54) is 12.8 Å². The molecule has 120 valence electrons. The SMILES string of the molecule is CCNCc1cc(S(=O)(=O)NC(C)C2CCCC2)c(Br)o1. The van der Waals surface area contributed by atoms with Gasteiger partial charge in [0.2, 0.25) is 10.0 Å². The van der Waals surface area contributed by atoms with Crippen LogP contribution < -0.4 is 10.0 Å². The Balaban J connectivity index is 2.09. The smallest absolute Gasteiger partial charge is 0.245 e. The lowest BCUT2D eigenvalue weighted by Gasteiger charge is -2.19. The fraction of sp³-hybridized carbons (Fsp3) is 0.714. The highest BCUT2D eigenvalue weighted by Crippen LogP contribution is 2.30. The van der Waals surface area contributed by atoms with Gasteiger partial charge in [-0.2, -0.15) is 0 Å². The average Bonchev–Trinajstić information content (AvgIpc) is 3.05. The van der Waals surface area contributed by atoms with E-state index in [2.05, 4.69) is 26.0 Å². The summed E-state index contributed by atoms with van der Waals surface area (Å²) in [5.41, 5.74) is 0. The van der Waals surface area contributed by atoms with E-state index >= 15 is 0 Å². The summed E-state index contributed by atoms with van der Waals surface area (Å²) in [6.45, 7) is 5.25. The fourth-order valence-electron chi connectivity index (χ4n) is 2.78. The van der Waals surface area contributed by atoms with Crippen LogP contribution >= 0.6 is 15.9 Å². The van der Waals surface area contributed by atoms with Gasteiger partial charge in [-0.1, -0.05) is 19.8 Å². The molecule has 2 N–H and O–H groups in total. The van der Waals surface area contributed by atoms with Crippen molar-refractivity contribution in [3.8, 4) is 0 Å². The van der Waals surface area contributed by atoms with Crippen molar-refractivity contribution in [2.24, 2.45) is 5.92 Å². The van der Waals surface area contributed by atoms with Crippen molar-refractivity contribution in [3.63, 3.8) is 0 Å². The van der Waals surface area contributed by atoms with Crippen molar-refractivity contribution >= 4 is 26.0 Å². The molecule has 0 spiro atoms. The van der Waals surface area contributed by atoms with E-state index in [-0.39, 0.29) is 15.6 Å². The predicted molar refractivity (Wildman–Crippen MR) is 85.5 cm³/mol. The number of sulfonamides is 1. The molecule has 1 aromatic rings. The first-order valence-electron chi connectivity index (χ1n) is 7.45. The zero-order valence-corrected chi connectivity index (χ0v) is 14.9. The Morgan fingerprint density at radius 2 is 2.10 bits per heavy atom. The maximum absolute atomic E-state index is 12.5. The van der Waals surface area contributed by atoms with E-state index in [9.17, 15) is 8.42 Å². The van der Waals surface area contributed by atoms with Gasteiger partial charge in [0.25, 0.3) is 0 Å². The predicted octanol–water partition coefficient (Wildman–Crippen LogP) is 3.01. The third-order valence-electron chi connectivity index (χ3n) is 3.99. The monoisotopic (exact) mass is 378 g/mol. The van der Waals surface area contributed by atoms with Crippen LogP contribution in [0, 0.1) is 5.92 Å². The Hall–Kier alpha value is -0.370. The Labute approximate surface area is 135 Å². The summed E-state index contributed by atoms with van der Waals surface area (Å²) in [5.74, 6) is 1.05. The largest absolute Gasteiger partial charge is 0.452 e. The van der Waals surface area contributed by atoms with Gasteiger partial charge in [0.1, 0.15) is 10.7 Å². The molecule has 1 fully saturated rings. The van der Waals surface area contributed by atoms with E-state index < -0.39 is 10.0 Å². The summed E-state index contributed by atoms with van der Waals surface area (Å²) in [6.07, 6.45) is 4.59. The molecule has 1 saturated carbocycles. The highest BCUT2D eigenvalue weighted by atomic mass is 79.9. The minimum absolute atomic E-state index is 0.0449. The minimum Gasteiger partial charge on any atom is -0.452 e. The highest BCUT2D eigenvalue weighted by Gasteiger charge is 2.28. The zero-order chi connectivity index (χ0) is 15.5. The number of hydrogen-bond donors (Lipinski definition) is 2. The van der Waals surface area contributed by atoms with Crippen molar-refractivity contribution in [1.82, 2.24) is 10.0 Å². The van der Waals surface area contributed by atoms with Crippen LogP contribution in [0.2, 0.25) is 0 Å². The Morgan fingerprint density at radius 3 is 2.71 bits per heavy atom. The lowest BCUT2D eigenvalue weighted by atomic mass is 10.0. The van der Waals surface area contributed by atoms with Crippen molar-refractivity contribution < 1.29 is 12.8 Å². The molecule has 0 aromatic carbocycles. The quantitative estimate of drug-likeness (QED) is 0.764. The first kappa shape index (κ1) is 17.0. The lowest BCUT2D eigenvalue weighted by Crippen LogP contribution is -2.37. The normalized spacial score (nSPS) is 18.2. The summed E-state index contributed by atoms with van der Waals surface area (Å²) >= 11 is 3.20. The molecular formula is C14H23BrN2O3S. The molecule has 1 aliphatic rings. The van der Waals surface area contributed by atoms with E-state index in [0.717, 1.165) is 19.4 Å². The molecule has 5 nitrogen and oxygen atoms in total. The van der Waals surface area contributed by atoms with E-state index in [1.807, 2.05) is 13.8 Å². The summed E-state index contributed by atoms with van der Waals surface area (Å²) in [6, 6.07) is 1.53. The van der Waals surface area contributed by atoms with Gasteiger partial charge in [-0.25, -0.2) is 13.1 Å². The minimum atomic E-state index is -3.55. The van der Waals surface area contributed by atoms with E-state index in [4.69, 9.17) is 4.42 Å². The number of halogens is 1. The lowest BCUT2D eigenvalue weighted by molar-refractivity contribution is 0.423. The van der Waals surface area contributed by atoms with Crippen LogP contribution in [0.5, 0.6) is 0 Å². The molecule has 0 saturated heterocycles. The van der Waals surface area contributed by atoms with Gasteiger partial charge in [-0.05, 0) is 48.2 Å². The first-order valence-corrected chi connectivity index (χ1v) is 9.73. The van der Waals surface area contributed by atoms with Gasteiger partial charge < -0.3 is 9.73 Å². The molecular weight excluding hydrogens is 356 g/mol.